The normalized spacial score (nSPS) is 12.6. The van der Waals surface area contributed by atoms with E-state index < -0.39 is 49.3 Å². The average Bonchev–Trinajstić information content (AvgIpc) is 2.71. The number of anilines is 2. The second-order valence-corrected chi connectivity index (χ2v) is 8.30. The Morgan fingerprint density at radius 1 is 1.06 bits per heavy atom. The molecule has 0 saturated heterocycles. The van der Waals surface area contributed by atoms with Crippen molar-refractivity contribution in [3.63, 3.8) is 0 Å². The number of carboxylic acid groups (broad SMARTS) is 1. The molecule has 2 heterocycles. The van der Waals surface area contributed by atoms with Gasteiger partial charge in [-0.1, -0.05) is 24.3 Å². The number of fused-ring (bicyclic) bond motifs is 4. The number of carboxylic acids is 1. The second kappa shape index (κ2) is 6.09. The van der Waals surface area contributed by atoms with Crippen LogP contribution in [0.3, 0.4) is 0 Å². The van der Waals surface area contributed by atoms with Crippen LogP contribution in [-0.4, -0.2) is 28.6 Å². The van der Waals surface area contributed by atoms with Gasteiger partial charge in [0.2, 0.25) is 5.43 Å². The van der Waals surface area contributed by atoms with Gasteiger partial charge in [0.05, 0.1) is 22.3 Å². The highest BCUT2D eigenvalue weighted by Gasteiger charge is 2.30. The summed E-state index contributed by atoms with van der Waals surface area (Å²) in [6.45, 7) is 0. The lowest BCUT2D eigenvalue weighted by Crippen LogP contribution is -2.22. The maximum absolute atomic E-state index is 14.6. The van der Waals surface area contributed by atoms with E-state index in [2.05, 4.69) is 5.32 Å². The quantitative estimate of drug-likeness (QED) is 0.356. The van der Waals surface area contributed by atoms with Gasteiger partial charge in [0.1, 0.15) is 16.1 Å². The largest absolute Gasteiger partial charge is 0.477 e. The average molecular weight is 444 g/mol. The van der Waals surface area contributed by atoms with Gasteiger partial charge < -0.3 is 15.0 Å². The second-order valence-electron chi connectivity index (χ2n) is 6.91. The highest BCUT2D eigenvalue weighted by molar-refractivity contribution is 7.86. The molecule has 0 radical (unpaired) electrons. The molecule has 3 N–H and O–H groups in total. The van der Waals surface area contributed by atoms with Crippen molar-refractivity contribution in [2.24, 2.45) is 0 Å². The van der Waals surface area contributed by atoms with Gasteiger partial charge in [0.25, 0.3) is 10.1 Å². The van der Waals surface area contributed by atoms with Crippen molar-refractivity contribution >= 4 is 49.1 Å². The molecule has 0 atom stereocenters. The Kier molecular flexibility index (Phi) is 3.76. The van der Waals surface area contributed by atoms with E-state index in [-0.39, 0.29) is 33.1 Å². The van der Waals surface area contributed by atoms with E-state index in [0.717, 1.165) is 12.3 Å². The summed E-state index contributed by atoms with van der Waals surface area (Å²) >= 11 is 0. The first-order chi connectivity index (χ1) is 14.6. The summed E-state index contributed by atoms with van der Waals surface area (Å²) in [6, 6.07) is 7.71. The first-order valence-corrected chi connectivity index (χ1v) is 10.1. The Morgan fingerprint density at radius 3 is 2.39 bits per heavy atom. The molecule has 0 bridgehead atoms. The van der Waals surface area contributed by atoms with Gasteiger partial charge in [-0.2, -0.15) is 8.42 Å². The topological polar surface area (TPSA) is 126 Å². The molecule has 0 amide bonds. The van der Waals surface area contributed by atoms with Crippen LogP contribution in [0.5, 0.6) is 0 Å². The zero-order chi connectivity index (χ0) is 22.2. The smallest absolute Gasteiger partial charge is 0.341 e. The molecule has 0 saturated carbocycles. The Hall–Kier alpha value is -3.83. The zero-order valence-corrected chi connectivity index (χ0v) is 16.0. The fourth-order valence-electron chi connectivity index (χ4n) is 3.91. The van der Waals surface area contributed by atoms with Crippen molar-refractivity contribution in [3.8, 4) is 5.69 Å². The monoisotopic (exact) mass is 444 g/mol. The first kappa shape index (κ1) is 19.2. The molecule has 4 aromatic rings. The summed E-state index contributed by atoms with van der Waals surface area (Å²) in [5.41, 5.74) is -2.08. The van der Waals surface area contributed by atoms with Gasteiger partial charge in [-0.25, -0.2) is 13.6 Å². The van der Waals surface area contributed by atoms with Gasteiger partial charge in [-0.3, -0.25) is 9.35 Å². The molecule has 1 aromatic heterocycles. The standard InChI is InChI=1S/C20H10F2N2O6S/c21-12-5-10-18-16(15(12)22)23-13-6-14(31(28,29)30)8-3-1-2-4-9(8)17(13)24(18)7-11(19(10)25)20(26)27/h1-7,23H,(H,26,27)(H,28,29,30). The van der Waals surface area contributed by atoms with E-state index >= 15 is 0 Å². The Balaban J connectivity index is 2.07. The number of hydrogen-bond acceptors (Lipinski definition) is 5. The molecule has 5 rings (SSSR count). The molecular formula is C20H10F2N2O6S. The van der Waals surface area contributed by atoms with E-state index in [0.29, 0.717) is 6.07 Å². The van der Waals surface area contributed by atoms with Crippen LogP contribution in [0.1, 0.15) is 10.4 Å². The van der Waals surface area contributed by atoms with Gasteiger partial charge in [-0.05, 0) is 12.1 Å². The predicted molar refractivity (Wildman–Crippen MR) is 107 cm³/mol. The third-order valence-corrected chi connectivity index (χ3v) is 6.06. The zero-order valence-electron chi connectivity index (χ0n) is 15.2. The van der Waals surface area contributed by atoms with Crippen LogP contribution in [0.25, 0.3) is 27.4 Å². The molecule has 156 valence electrons. The van der Waals surface area contributed by atoms with E-state index in [4.69, 9.17) is 0 Å². The highest BCUT2D eigenvalue weighted by atomic mass is 32.2. The number of pyridine rings is 1. The molecule has 1 aliphatic heterocycles. The maximum Gasteiger partial charge on any atom is 0.341 e. The van der Waals surface area contributed by atoms with Gasteiger partial charge in [0.15, 0.2) is 11.6 Å². The molecular weight excluding hydrogens is 434 g/mol. The summed E-state index contributed by atoms with van der Waals surface area (Å²) in [4.78, 5) is 23.8. The van der Waals surface area contributed by atoms with Crippen molar-refractivity contribution in [1.29, 1.82) is 0 Å². The number of aromatic nitrogens is 1. The molecule has 8 nitrogen and oxygen atoms in total. The van der Waals surface area contributed by atoms with Crippen molar-refractivity contribution in [1.82, 2.24) is 4.57 Å². The van der Waals surface area contributed by atoms with Crippen molar-refractivity contribution < 1.29 is 31.7 Å². The number of aromatic carboxylic acids is 1. The number of hydrogen-bond donors (Lipinski definition) is 3. The predicted octanol–water partition coefficient (Wildman–Crippen LogP) is 3.42. The number of nitrogens with zero attached hydrogens (tertiary/aromatic N) is 1. The van der Waals surface area contributed by atoms with Crippen LogP contribution in [0.4, 0.5) is 20.2 Å². The molecule has 0 aliphatic carbocycles. The minimum atomic E-state index is -4.70. The van der Waals surface area contributed by atoms with E-state index in [1.807, 2.05) is 0 Å². The molecule has 0 spiro atoms. The number of halogens is 2. The lowest BCUT2D eigenvalue weighted by molar-refractivity contribution is 0.0695. The van der Waals surface area contributed by atoms with E-state index in [1.165, 1.54) is 22.8 Å². The lowest BCUT2D eigenvalue weighted by Gasteiger charge is -2.27. The Labute approximate surface area is 171 Å². The van der Waals surface area contributed by atoms with Crippen LogP contribution >= 0.6 is 0 Å². The van der Waals surface area contributed by atoms with Crippen LogP contribution < -0.4 is 10.7 Å². The summed E-state index contributed by atoms with van der Waals surface area (Å²) in [5.74, 6) is -4.29. The van der Waals surface area contributed by atoms with Gasteiger partial charge in [0, 0.05) is 17.0 Å². The SMILES string of the molecule is O=C(O)c1cn2c3c(c(F)c(F)cc3c1=O)Nc1cc(S(=O)(=O)O)c3ccccc3c1-2. The number of nitrogens with one attached hydrogen (secondary N) is 1. The number of carbonyl (C=O) groups is 1. The highest BCUT2D eigenvalue weighted by Crippen LogP contribution is 2.43. The number of rotatable bonds is 2. The van der Waals surface area contributed by atoms with Gasteiger partial charge >= 0.3 is 5.97 Å². The fraction of sp³-hybridized carbons (Fsp3) is 0. The van der Waals surface area contributed by atoms with Crippen molar-refractivity contribution in [2.45, 2.75) is 4.90 Å². The summed E-state index contributed by atoms with van der Waals surface area (Å²) in [7, 11) is -4.70. The third kappa shape index (κ3) is 2.57. The Morgan fingerprint density at radius 2 is 1.74 bits per heavy atom. The van der Waals surface area contributed by atoms with Crippen LogP contribution in [0, 0.1) is 11.6 Å². The van der Waals surface area contributed by atoms with Crippen molar-refractivity contribution in [3.05, 3.63) is 70.0 Å². The summed E-state index contributed by atoms with van der Waals surface area (Å²) in [6.07, 6.45) is 0.979. The fourth-order valence-corrected chi connectivity index (χ4v) is 4.63. The first-order valence-electron chi connectivity index (χ1n) is 8.71. The van der Waals surface area contributed by atoms with Gasteiger partial charge in [-0.15, -0.1) is 0 Å². The molecule has 0 unspecified atom stereocenters. The molecule has 0 fully saturated rings. The Bertz CT molecular complexity index is 1660. The van der Waals surface area contributed by atoms with E-state index in [1.54, 1.807) is 6.07 Å². The summed E-state index contributed by atoms with van der Waals surface area (Å²) < 4.78 is 63.6. The lowest BCUT2D eigenvalue weighted by atomic mass is 10.0. The minimum Gasteiger partial charge on any atom is -0.477 e. The molecule has 31 heavy (non-hydrogen) atoms. The number of benzene rings is 3. The molecule has 1 aliphatic rings. The van der Waals surface area contributed by atoms with Crippen molar-refractivity contribution in [2.75, 3.05) is 5.32 Å². The van der Waals surface area contributed by atoms with Crippen LogP contribution in [-0.2, 0) is 10.1 Å². The van der Waals surface area contributed by atoms with Crippen LogP contribution in [0.15, 0.2) is 52.3 Å². The molecule has 3 aromatic carbocycles. The summed E-state index contributed by atoms with van der Waals surface area (Å²) in [5, 5.41) is 12.1. The van der Waals surface area contributed by atoms with Crippen LogP contribution in [0.2, 0.25) is 0 Å². The third-order valence-electron chi connectivity index (χ3n) is 5.17. The minimum absolute atomic E-state index is 0.0374. The molecule has 11 heteroatoms. The maximum atomic E-state index is 14.6. The van der Waals surface area contributed by atoms with E-state index in [9.17, 15) is 36.4 Å².